The Labute approximate surface area is 167 Å². The molecule has 0 radical (unpaired) electrons. The van der Waals surface area contributed by atoms with E-state index in [-0.39, 0.29) is 28.9 Å². The average Bonchev–Trinajstić information content (AvgIpc) is 2.72. The summed E-state index contributed by atoms with van der Waals surface area (Å²) < 4.78 is 45.2. The lowest BCUT2D eigenvalue weighted by atomic mass is 10.2. The molecule has 0 saturated carbocycles. The summed E-state index contributed by atoms with van der Waals surface area (Å²) in [6, 6.07) is 9.30. The van der Waals surface area contributed by atoms with E-state index in [0.717, 1.165) is 0 Å². The van der Waals surface area contributed by atoms with Gasteiger partial charge in [-0.15, -0.1) is 0 Å². The van der Waals surface area contributed by atoms with E-state index in [1.165, 1.54) is 34.4 Å². The molecule has 0 unspecified atom stereocenters. The lowest BCUT2D eigenvalue weighted by Crippen LogP contribution is -2.40. The van der Waals surface area contributed by atoms with Crippen LogP contribution in [0.3, 0.4) is 0 Å². The third-order valence-electron chi connectivity index (χ3n) is 4.10. The van der Waals surface area contributed by atoms with Gasteiger partial charge < -0.3 is 10.1 Å². The molecule has 1 aliphatic rings. The van der Waals surface area contributed by atoms with E-state index < -0.39 is 10.0 Å². The average molecular weight is 426 g/mol. The standard InChI is InChI=1S/C18H20FN3O4S2/c19-16-4-2-1-3-14(16)11-20-17(23)13-27-18-6-5-15(12-21-18)28(24,25)22-7-9-26-10-8-22/h1-6,12H,7-11,13H2,(H,20,23). The number of hydrogen-bond donors (Lipinski definition) is 1. The van der Waals surface area contributed by atoms with Crippen LogP contribution in [0.2, 0.25) is 0 Å². The summed E-state index contributed by atoms with van der Waals surface area (Å²) in [4.78, 5) is 16.2. The fourth-order valence-electron chi connectivity index (χ4n) is 2.57. The number of aromatic nitrogens is 1. The van der Waals surface area contributed by atoms with Gasteiger partial charge in [0.2, 0.25) is 15.9 Å². The lowest BCUT2D eigenvalue weighted by molar-refractivity contribution is -0.118. The number of halogens is 1. The number of sulfonamides is 1. The SMILES string of the molecule is O=C(CSc1ccc(S(=O)(=O)N2CCOCC2)cn1)NCc1ccccc1F. The molecule has 1 aliphatic heterocycles. The first kappa shape index (κ1) is 20.7. The number of benzene rings is 1. The number of hydrogen-bond acceptors (Lipinski definition) is 6. The second kappa shape index (κ2) is 9.46. The zero-order valence-corrected chi connectivity index (χ0v) is 16.6. The summed E-state index contributed by atoms with van der Waals surface area (Å²) in [6.07, 6.45) is 1.30. The van der Waals surface area contributed by atoms with Crippen molar-refractivity contribution in [1.29, 1.82) is 0 Å². The molecule has 7 nitrogen and oxygen atoms in total. The minimum absolute atomic E-state index is 0.0943. The number of carbonyl (C=O) groups excluding carboxylic acids is 1. The fraction of sp³-hybridized carbons (Fsp3) is 0.333. The summed E-state index contributed by atoms with van der Waals surface area (Å²) in [5.74, 6) is -0.536. The zero-order valence-electron chi connectivity index (χ0n) is 15.0. The molecule has 1 amide bonds. The van der Waals surface area contributed by atoms with Gasteiger partial charge in [0.15, 0.2) is 0 Å². The molecular weight excluding hydrogens is 405 g/mol. The smallest absolute Gasteiger partial charge is 0.244 e. The van der Waals surface area contributed by atoms with Crippen LogP contribution in [-0.4, -0.2) is 55.7 Å². The van der Waals surface area contributed by atoms with Gasteiger partial charge in [-0.1, -0.05) is 30.0 Å². The van der Waals surface area contributed by atoms with Crippen LogP contribution in [0.5, 0.6) is 0 Å². The van der Waals surface area contributed by atoms with Crippen LogP contribution < -0.4 is 5.32 Å². The van der Waals surface area contributed by atoms with Crippen LogP contribution in [0.1, 0.15) is 5.56 Å². The Balaban J connectivity index is 1.51. The molecule has 1 aromatic heterocycles. The highest BCUT2D eigenvalue weighted by Gasteiger charge is 2.26. The predicted octanol–water partition coefficient (Wildman–Crippen LogP) is 1.65. The Hall–Kier alpha value is -2.01. The highest BCUT2D eigenvalue weighted by molar-refractivity contribution is 7.99. The number of ether oxygens (including phenoxy) is 1. The van der Waals surface area contributed by atoms with Crippen molar-refractivity contribution in [3.63, 3.8) is 0 Å². The molecule has 0 bridgehead atoms. The molecule has 150 valence electrons. The van der Waals surface area contributed by atoms with Gasteiger partial charge in [-0.05, 0) is 18.2 Å². The van der Waals surface area contributed by atoms with Crippen LogP contribution in [0.25, 0.3) is 0 Å². The van der Waals surface area contributed by atoms with Crippen molar-refractivity contribution in [2.24, 2.45) is 0 Å². The van der Waals surface area contributed by atoms with Crippen LogP contribution in [0, 0.1) is 5.82 Å². The Morgan fingerprint density at radius 1 is 1.21 bits per heavy atom. The van der Waals surface area contributed by atoms with Crippen LogP contribution in [0.15, 0.2) is 52.5 Å². The lowest BCUT2D eigenvalue weighted by Gasteiger charge is -2.25. The Morgan fingerprint density at radius 2 is 1.96 bits per heavy atom. The van der Waals surface area contributed by atoms with E-state index in [1.54, 1.807) is 24.3 Å². The van der Waals surface area contributed by atoms with Gasteiger partial charge in [-0.2, -0.15) is 4.31 Å². The number of nitrogens with one attached hydrogen (secondary N) is 1. The number of nitrogens with zero attached hydrogens (tertiary/aromatic N) is 2. The van der Waals surface area contributed by atoms with Crippen molar-refractivity contribution in [3.8, 4) is 0 Å². The first-order chi connectivity index (χ1) is 13.5. The predicted molar refractivity (Wildman–Crippen MR) is 103 cm³/mol. The second-order valence-electron chi connectivity index (χ2n) is 6.01. The molecule has 3 rings (SSSR count). The van der Waals surface area contributed by atoms with E-state index in [1.807, 2.05) is 0 Å². The van der Waals surface area contributed by atoms with Crippen molar-refractivity contribution in [2.75, 3.05) is 32.1 Å². The third-order valence-corrected chi connectivity index (χ3v) is 6.93. The molecule has 2 aromatic rings. The molecular formula is C18H20FN3O4S2. The largest absolute Gasteiger partial charge is 0.379 e. The number of rotatable bonds is 7. The molecule has 2 heterocycles. The summed E-state index contributed by atoms with van der Waals surface area (Å²) in [6.45, 7) is 1.50. The maximum Gasteiger partial charge on any atom is 0.244 e. The van der Waals surface area contributed by atoms with Gasteiger partial charge >= 0.3 is 0 Å². The molecule has 0 atom stereocenters. The third kappa shape index (κ3) is 5.28. The molecule has 1 fully saturated rings. The number of carbonyl (C=O) groups is 1. The van der Waals surface area contributed by atoms with Gasteiger partial charge in [0.25, 0.3) is 0 Å². The van der Waals surface area contributed by atoms with Gasteiger partial charge in [0.05, 0.1) is 24.0 Å². The minimum Gasteiger partial charge on any atom is -0.379 e. The van der Waals surface area contributed by atoms with E-state index in [0.29, 0.717) is 36.9 Å². The summed E-state index contributed by atoms with van der Waals surface area (Å²) in [5.41, 5.74) is 0.414. The van der Waals surface area contributed by atoms with Crippen molar-refractivity contribution in [3.05, 3.63) is 54.0 Å². The van der Waals surface area contributed by atoms with Crippen molar-refractivity contribution < 1.29 is 22.3 Å². The minimum atomic E-state index is -3.59. The first-order valence-electron chi connectivity index (χ1n) is 8.63. The molecule has 28 heavy (non-hydrogen) atoms. The normalized spacial score (nSPS) is 15.3. The highest BCUT2D eigenvalue weighted by atomic mass is 32.2. The van der Waals surface area contributed by atoms with Gasteiger partial charge in [-0.3, -0.25) is 4.79 Å². The van der Waals surface area contributed by atoms with E-state index in [2.05, 4.69) is 10.3 Å². The number of thioether (sulfide) groups is 1. The highest BCUT2D eigenvalue weighted by Crippen LogP contribution is 2.20. The number of morpholine rings is 1. The quantitative estimate of drug-likeness (QED) is 0.679. The van der Waals surface area contributed by atoms with Crippen LogP contribution in [0.4, 0.5) is 4.39 Å². The Morgan fingerprint density at radius 3 is 2.64 bits per heavy atom. The molecule has 10 heteroatoms. The molecule has 0 spiro atoms. The Bertz CT molecular complexity index is 917. The fourth-order valence-corrected chi connectivity index (χ4v) is 4.59. The molecule has 1 saturated heterocycles. The topological polar surface area (TPSA) is 88.6 Å². The van der Waals surface area contributed by atoms with Crippen LogP contribution in [-0.2, 0) is 26.1 Å². The van der Waals surface area contributed by atoms with Crippen molar-refractivity contribution >= 4 is 27.7 Å². The van der Waals surface area contributed by atoms with Crippen molar-refractivity contribution in [2.45, 2.75) is 16.5 Å². The second-order valence-corrected chi connectivity index (χ2v) is 8.94. The molecule has 1 aromatic carbocycles. The molecule has 0 aliphatic carbocycles. The number of amides is 1. The summed E-state index contributed by atoms with van der Waals surface area (Å²) in [5, 5.41) is 3.18. The van der Waals surface area contributed by atoms with Crippen molar-refractivity contribution in [1.82, 2.24) is 14.6 Å². The summed E-state index contributed by atoms with van der Waals surface area (Å²) >= 11 is 1.18. The Kier molecular flexibility index (Phi) is 7.00. The molecule has 1 N–H and O–H groups in total. The van der Waals surface area contributed by atoms with Gasteiger partial charge in [0.1, 0.15) is 10.7 Å². The van der Waals surface area contributed by atoms with E-state index >= 15 is 0 Å². The van der Waals surface area contributed by atoms with Crippen LogP contribution >= 0.6 is 11.8 Å². The maximum absolute atomic E-state index is 13.5. The summed E-state index contributed by atoms with van der Waals surface area (Å²) in [7, 11) is -3.59. The van der Waals surface area contributed by atoms with Gasteiger partial charge in [0, 0.05) is 31.4 Å². The van der Waals surface area contributed by atoms with E-state index in [4.69, 9.17) is 4.74 Å². The van der Waals surface area contributed by atoms with Gasteiger partial charge in [-0.25, -0.2) is 17.8 Å². The first-order valence-corrected chi connectivity index (χ1v) is 11.1. The monoisotopic (exact) mass is 425 g/mol. The van der Waals surface area contributed by atoms with E-state index in [9.17, 15) is 17.6 Å². The number of pyridine rings is 1. The maximum atomic E-state index is 13.5. The zero-order chi connectivity index (χ0) is 20.0.